The Morgan fingerprint density at radius 2 is 1.41 bits per heavy atom. The van der Waals surface area contributed by atoms with Gasteiger partial charge in [-0.3, -0.25) is 0 Å². The van der Waals surface area contributed by atoms with Gasteiger partial charge < -0.3 is 14.4 Å². The number of rotatable bonds is 5. The normalized spacial score (nSPS) is 16.3. The predicted molar refractivity (Wildman–Crippen MR) is 89.2 cm³/mol. The summed E-state index contributed by atoms with van der Waals surface area (Å²) < 4.78 is 71.8. The topological polar surface area (TPSA) is 21.7 Å². The van der Waals surface area contributed by atoms with Crippen LogP contribution in [0.2, 0.25) is 0 Å². The van der Waals surface area contributed by atoms with Crippen molar-refractivity contribution in [1.29, 1.82) is 0 Å². The second-order valence-electron chi connectivity index (χ2n) is 6.15. The van der Waals surface area contributed by atoms with Crippen LogP contribution in [-0.4, -0.2) is 31.5 Å². The molecule has 0 aromatic heterocycles. The van der Waals surface area contributed by atoms with Crippen molar-refractivity contribution in [3.8, 4) is 11.5 Å². The molecule has 1 fully saturated rings. The van der Waals surface area contributed by atoms with E-state index < -0.39 is 18.0 Å². The summed E-state index contributed by atoms with van der Waals surface area (Å²) >= 11 is 0. The first-order valence-corrected chi connectivity index (χ1v) is 8.36. The van der Waals surface area contributed by atoms with Crippen LogP contribution in [0.1, 0.15) is 12.8 Å². The van der Waals surface area contributed by atoms with Gasteiger partial charge in [0, 0.05) is 31.6 Å². The summed E-state index contributed by atoms with van der Waals surface area (Å²) in [7, 11) is 0. The Kier molecular flexibility index (Phi) is 5.43. The third-order valence-electron chi connectivity index (χ3n) is 4.21. The van der Waals surface area contributed by atoms with Crippen molar-refractivity contribution in [3.05, 3.63) is 54.6 Å². The van der Waals surface area contributed by atoms with Gasteiger partial charge in [-0.05, 0) is 42.5 Å². The van der Waals surface area contributed by atoms with Gasteiger partial charge in [-0.25, -0.2) is 0 Å². The lowest BCUT2D eigenvalue weighted by molar-refractivity contribution is -0.360. The van der Waals surface area contributed by atoms with Crippen molar-refractivity contribution < 1.29 is 31.4 Å². The molecule has 2 aromatic carbocycles. The fourth-order valence-electron chi connectivity index (χ4n) is 2.81. The quantitative estimate of drug-likeness (QED) is 0.670. The Bertz CT molecular complexity index is 726. The largest absolute Gasteiger partial charge is 0.499 e. The SMILES string of the molecule is FC(F)(F)C(F)(F)Oc1ccc(OC2CCN(c3cc[c]cc3)CC2)cc1. The van der Waals surface area contributed by atoms with E-state index >= 15 is 0 Å². The smallest absolute Gasteiger partial charge is 0.490 e. The molecule has 8 heteroatoms. The summed E-state index contributed by atoms with van der Waals surface area (Å²) in [4.78, 5) is 2.23. The van der Waals surface area contributed by atoms with Gasteiger partial charge in [0.15, 0.2) is 0 Å². The molecule has 0 bridgehead atoms. The van der Waals surface area contributed by atoms with Gasteiger partial charge in [-0.15, -0.1) is 0 Å². The number of halogens is 5. The van der Waals surface area contributed by atoms with E-state index in [0.29, 0.717) is 5.75 Å². The molecule has 27 heavy (non-hydrogen) atoms. The summed E-state index contributed by atoms with van der Waals surface area (Å²) in [6.07, 6.45) is -9.53. The number of alkyl halides is 5. The number of nitrogens with zero attached hydrogens (tertiary/aromatic N) is 1. The van der Waals surface area contributed by atoms with E-state index in [4.69, 9.17) is 4.74 Å². The van der Waals surface area contributed by atoms with E-state index in [1.54, 1.807) is 0 Å². The van der Waals surface area contributed by atoms with Gasteiger partial charge in [0.05, 0.1) is 0 Å². The first-order chi connectivity index (χ1) is 12.7. The van der Waals surface area contributed by atoms with Crippen LogP contribution in [0.25, 0.3) is 0 Å². The molecule has 3 rings (SSSR count). The van der Waals surface area contributed by atoms with Gasteiger partial charge in [-0.2, -0.15) is 22.0 Å². The molecule has 0 aliphatic carbocycles. The molecule has 3 nitrogen and oxygen atoms in total. The van der Waals surface area contributed by atoms with Gasteiger partial charge in [0.1, 0.15) is 17.6 Å². The zero-order valence-electron chi connectivity index (χ0n) is 14.2. The van der Waals surface area contributed by atoms with Crippen molar-refractivity contribution >= 4 is 5.69 Å². The van der Waals surface area contributed by atoms with Crippen LogP contribution in [0.4, 0.5) is 27.6 Å². The van der Waals surface area contributed by atoms with Gasteiger partial charge in [0.25, 0.3) is 0 Å². The lowest BCUT2D eigenvalue weighted by atomic mass is 10.1. The molecule has 1 aliphatic heterocycles. The maximum Gasteiger partial charge on any atom is 0.499 e. The molecule has 1 heterocycles. The molecular weight excluding hydrogens is 369 g/mol. The Balaban J connectivity index is 1.52. The Morgan fingerprint density at radius 3 is 1.96 bits per heavy atom. The van der Waals surface area contributed by atoms with Crippen LogP contribution in [-0.2, 0) is 0 Å². The molecule has 0 atom stereocenters. The molecule has 0 unspecified atom stereocenters. The molecule has 1 radical (unpaired) electrons. The highest BCUT2D eigenvalue weighted by atomic mass is 19.4. The maximum atomic E-state index is 12.9. The first-order valence-electron chi connectivity index (χ1n) is 8.36. The van der Waals surface area contributed by atoms with Crippen LogP contribution in [0, 0.1) is 6.07 Å². The molecule has 0 N–H and O–H groups in total. The lowest BCUT2D eigenvalue weighted by Gasteiger charge is -2.33. The van der Waals surface area contributed by atoms with Crippen LogP contribution >= 0.6 is 0 Å². The standard InChI is InChI=1S/C19H17F5NO2/c20-18(21,22)19(23,24)27-17-8-6-15(7-9-17)26-16-10-12-25(13-11-16)14-4-2-1-3-5-14/h2-9,16H,10-13H2. The van der Waals surface area contributed by atoms with E-state index in [1.165, 1.54) is 12.1 Å². The molecule has 1 aliphatic rings. The maximum absolute atomic E-state index is 12.9. The fourth-order valence-corrected chi connectivity index (χ4v) is 2.81. The van der Waals surface area contributed by atoms with Crippen LogP contribution in [0.5, 0.6) is 11.5 Å². The summed E-state index contributed by atoms with van der Waals surface area (Å²) in [6.45, 7) is 1.60. The highest BCUT2D eigenvalue weighted by Crippen LogP contribution is 2.37. The van der Waals surface area contributed by atoms with E-state index in [-0.39, 0.29) is 6.10 Å². The number of hydrogen-bond acceptors (Lipinski definition) is 3. The fraction of sp³-hybridized carbons (Fsp3) is 0.368. The van der Waals surface area contributed by atoms with Crippen molar-refractivity contribution in [2.24, 2.45) is 0 Å². The minimum Gasteiger partial charge on any atom is -0.490 e. The average Bonchev–Trinajstić information content (AvgIpc) is 2.64. The highest BCUT2D eigenvalue weighted by molar-refractivity contribution is 5.46. The van der Waals surface area contributed by atoms with Crippen molar-refractivity contribution in [2.45, 2.75) is 31.2 Å². The zero-order chi connectivity index (χ0) is 19.5. The lowest BCUT2D eigenvalue weighted by Crippen LogP contribution is -2.41. The van der Waals surface area contributed by atoms with Gasteiger partial charge in [-0.1, -0.05) is 12.1 Å². The number of anilines is 1. The van der Waals surface area contributed by atoms with Crippen molar-refractivity contribution in [3.63, 3.8) is 0 Å². The Morgan fingerprint density at radius 1 is 0.852 bits per heavy atom. The Hall–Kier alpha value is -2.51. The minimum atomic E-state index is -5.77. The van der Waals surface area contributed by atoms with Crippen molar-refractivity contribution in [2.75, 3.05) is 18.0 Å². The van der Waals surface area contributed by atoms with Crippen LogP contribution in [0.3, 0.4) is 0 Å². The minimum absolute atomic E-state index is 0.0556. The zero-order valence-corrected chi connectivity index (χ0v) is 14.2. The Labute approximate surface area is 153 Å². The van der Waals surface area contributed by atoms with E-state index in [2.05, 4.69) is 15.7 Å². The van der Waals surface area contributed by atoms with E-state index in [9.17, 15) is 22.0 Å². The summed E-state index contributed by atoms with van der Waals surface area (Å²) in [5, 5.41) is 0. The van der Waals surface area contributed by atoms with Crippen LogP contribution in [0.15, 0.2) is 48.5 Å². The van der Waals surface area contributed by atoms with Crippen molar-refractivity contribution in [1.82, 2.24) is 0 Å². The third-order valence-corrected chi connectivity index (χ3v) is 4.21. The number of ether oxygens (including phenoxy) is 2. The third kappa shape index (κ3) is 4.81. The second-order valence-corrected chi connectivity index (χ2v) is 6.15. The second kappa shape index (κ2) is 7.62. The summed E-state index contributed by atoms with van der Waals surface area (Å²) in [5.74, 6) is -0.189. The first kappa shape index (κ1) is 19.3. The summed E-state index contributed by atoms with van der Waals surface area (Å²) in [6, 6.07) is 15.3. The number of benzene rings is 2. The molecular formula is C19H17F5NO2. The summed E-state index contributed by atoms with van der Waals surface area (Å²) in [5.41, 5.74) is 1.11. The monoisotopic (exact) mass is 386 g/mol. The molecule has 0 spiro atoms. The average molecular weight is 386 g/mol. The van der Waals surface area contributed by atoms with Crippen LogP contribution < -0.4 is 14.4 Å². The molecule has 0 amide bonds. The van der Waals surface area contributed by atoms with Gasteiger partial charge in [0.2, 0.25) is 0 Å². The van der Waals surface area contributed by atoms with Gasteiger partial charge >= 0.3 is 12.3 Å². The molecule has 1 saturated heterocycles. The highest BCUT2D eigenvalue weighted by Gasteiger charge is 2.61. The van der Waals surface area contributed by atoms with E-state index in [0.717, 1.165) is 43.8 Å². The number of hydrogen-bond donors (Lipinski definition) is 0. The molecule has 145 valence electrons. The van der Waals surface area contributed by atoms with E-state index in [1.807, 2.05) is 24.3 Å². The number of piperidine rings is 1. The molecule has 0 saturated carbocycles. The predicted octanol–water partition coefficient (Wildman–Crippen LogP) is 5.07. The molecule has 2 aromatic rings.